The molecule has 18 heavy (non-hydrogen) atoms. The van der Waals surface area contributed by atoms with Gasteiger partial charge in [0.25, 0.3) is 0 Å². The molecule has 2 saturated heterocycles. The van der Waals surface area contributed by atoms with Crippen molar-refractivity contribution in [3.05, 3.63) is 0 Å². The van der Waals surface area contributed by atoms with Crippen LogP contribution in [0.15, 0.2) is 0 Å². The summed E-state index contributed by atoms with van der Waals surface area (Å²) < 4.78 is 4.58. The summed E-state index contributed by atoms with van der Waals surface area (Å²) in [6.45, 7) is 3.28. The number of carbonyl (C=O) groups excluding carboxylic acids is 2. The highest BCUT2D eigenvalue weighted by Gasteiger charge is 2.36. The average Bonchev–Trinajstić information content (AvgIpc) is 2.92. The van der Waals surface area contributed by atoms with Crippen LogP contribution in [0.4, 0.5) is 4.79 Å². The molecule has 2 aliphatic rings. The molecule has 102 valence electrons. The number of nitrogens with one attached hydrogen (secondary N) is 1. The molecule has 0 saturated carbocycles. The van der Waals surface area contributed by atoms with E-state index in [1.807, 2.05) is 0 Å². The van der Waals surface area contributed by atoms with Gasteiger partial charge in [-0.1, -0.05) is 0 Å². The Balaban J connectivity index is 1.81. The summed E-state index contributed by atoms with van der Waals surface area (Å²) in [7, 11) is 3.47. The van der Waals surface area contributed by atoms with Crippen LogP contribution in [0.5, 0.6) is 0 Å². The monoisotopic (exact) mass is 255 g/mol. The molecule has 0 radical (unpaired) electrons. The Morgan fingerprint density at radius 3 is 2.89 bits per heavy atom. The molecular formula is C12H21N3O3. The lowest BCUT2D eigenvalue weighted by Gasteiger charge is -2.18. The summed E-state index contributed by atoms with van der Waals surface area (Å²) in [4.78, 5) is 26.8. The zero-order valence-electron chi connectivity index (χ0n) is 11.0. The third-order valence-corrected chi connectivity index (χ3v) is 3.82. The summed E-state index contributed by atoms with van der Waals surface area (Å²) in [5.74, 6) is 0.258. The number of ether oxygens (including phenoxy) is 1. The molecule has 2 amide bonds. The molecule has 6 nitrogen and oxygen atoms in total. The molecule has 2 fully saturated rings. The van der Waals surface area contributed by atoms with E-state index < -0.39 is 0 Å². The van der Waals surface area contributed by atoms with Crippen molar-refractivity contribution in [1.29, 1.82) is 0 Å². The van der Waals surface area contributed by atoms with Crippen molar-refractivity contribution in [2.75, 3.05) is 40.3 Å². The summed E-state index contributed by atoms with van der Waals surface area (Å²) in [5.41, 5.74) is 0. The molecule has 2 atom stereocenters. The number of esters is 1. The van der Waals surface area contributed by atoms with Crippen molar-refractivity contribution < 1.29 is 14.3 Å². The highest BCUT2D eigenvalue weighted by atomic mass is 16.5. The average molecular weight is 255 g/mol. The van der Waals surface area contributed by atoms with E-state index in [0.29, 0.717) is 19.0 Å². The molecule has 2 heterocycles. The minimum absolute atomic E-state index is 0.0570. The van der Waals surface area contributed by atoms with Crippen LogP contribution in [0, 0.1) is 5.92 Å². The third-order valence-electron chi connectivity index (χ3n) is 3.82. The standard InChI is InChI=1S/C12H21N3O3/c1-14-5-3-9(7-14)10-8-15(12(17)13-10)6-4-11(16)18-2/h9-10H,3-8H2,1-2H3,(H,13,17). The SMILES string of the molecule is COC(=O)CCN1CC(C2CCN(C)C2)NC1=O. The first-order valence-electron chi connectivity index (χ1n) is 6.41. The van der Waals surface area contributed by atoms with Gasteiger partial charge in [-0.3, -0.25) is 4.79 Å². The quantitative estimate of drug-likeness (QED) is 0.712. The second-order valence-corrected chi connectivity index (χ2v) is 5.14. The van der Waals surface area contributed by atoms with Crippen molar-refractivity contribution in [2.45, 2.75) is 18.9 Å². The number of nitrogens with zero attached hydrogens (tertiary/aromatic N) is 2. The van der Waals surface area contributed by atoms with Crippen molar-refractivity contribution in [2.24, 2.45) is 5.92 Å². The topological polar surface area (TPSA) is 61.9 Å². The molecule has 0 aromatic carbocycles. The fourth-order valence-corrected chi connectivity index (χ4v) is 2.70. The van der Waals surface area contributed by atoms with E-state index in [9.17, 15) is 9.59 Å². The van der Waals surface area contributed by atoms with Crippen LogP contribution in [-0.2, 0) is 9.53 Å². The van der Waals surface area contributed by atoms with Gasteiger partial charge in [0.15, 0.2) is 0 Å². The maximum Gasteiger partial charge on any atom is 0.317 e. The number of likely N-dealkylation sites (tertiary alicyclic amines) is 1. The van der Waals surface area contributed by atoms with E-state index in [4.69, 9.17) is 0 Å². The van der Waals surface area contributed by atoms with Gasteiger partial charge in [0.1, 0.15) is 0 Å². The van der Waals surface area contributed by atoms with Gasteiger partial charge in [0, 0.05) is 19.6 Å². The lowest BCUT2D eigenvalue weighted by molar-refractivity contribution is -0.140. The first-order chi connectivity index (χ1) is 8.60. The molecule has 0 aromatic heterocycles. The van der Waals surface area contributed by atoms with Gasteiger partial charge in [-0.25, -0.2) is 4.79 Å². The number of urea groups is 1. The maximum atomic E-state index is 11.8. The Hall–Kier alpha value is -1.30. The fourth-order valence-electron chi connectivity index (χ4n) is 2.70. The van der Waals surface area contributed by atoms with Gasteiger partial charge in [0.05, 0.1) is 19.6 Å². The lowest BCUT2D eigenvalue weighted by atomic mass is 10.00. The fraction of sp³-hybridized carbons (Fsp3) is 0.833. The molecule has 0 aliphatic carbocycles. The number of carbonyl (C=O) groups is 2. The molecule has 0 spiro atoms. The van der Waals surface area contributed by atoms with E-state index >= 15 is 0 Å². The first kappa shape index (κ1) is 13.1. The Morgan fingerprint density at radius 1 is 1.50 bits per heavy atom. The largest absolute Gasteiger partial charge is 0.469 e. The van der Waals surface area contributed by atoms with Crippen LogP contribution < -0.4 is 5.32 Å². The molecule has 2 aliphatic heterocycles. The first-order valence-corrected chi connectivity index (χ1v) is 6.41. The van der Waals surface area contributed by atoms with Crippen molar-refractivity contribution in [3.8, 4) is 0 Å². The van der Waals surface area contributed by atoms with Gasteiger partial charge in [-0.05, 0) is 25.9 Å². The normalized spacial score (nSPS) is 28.6. The predicted molar refractivity (Wildman–Crippen MR) is 66.1 cm³/mol. The second kappa shape index (κ2) is 5.56. The number of hydrogen-bond donors (Lipinski definition) is 1. The predicted octanol–water partition coefficient (Wildman–Crippen LogP) is -0.105. The van der Waals surface area contributed by atoms with Gasteiger partial charge in [-0.2, -0.15) is 0 Å². The zero-order valence-corrected chi connectivity index (χ0v) is 11.0. The van der Waals surface area contributed by atoms with Crippen LogP contribution in [0.2, 0.25) is 0 Å². The molecule has 6 heteroatoms. The Kier molecular flexibility index (Phi) is 4.06. The minimum atomic E-state index is -0.271. The highest BCUT2D eigenvalue weighted by Crippen LogP contribution is 2.22. The number of methoxy groups -OCH3 is 1. The summed E-state index contributed by atoms with van der Waals surface area (Å²) in [6.07, 6.45) is 1.40. The Labute approximate surface area is 107 Å². The van der Waals surface area contributed by atoms with Crippen LogP contribution in [-0.4, -0.2) is 68.2 Å². The zero-order chi connectivity index (χ0) is 13.1. The van der Waals surface area contributed by atoms with Crippen molar-refractivity contribution in [1.82, 2.24) is 15.1 Å². The van der Waals surface area contributed by atoms with E-state index in [0.717, 1.165) is 19.5 Å². The highest BCUT2D eigenvalue weighted by molar-refractivity contribution is 5.78. The molecule has 2 unspecified atom stereocenters. The molecule has 0 bridgehead atoms. The number of hydrogen-bond acceptors (Lipinski definition) is 4. The van der Waals surface area contributed by atoms with Crippen molar-refractivity contribution in [3.63, 3.8) is 0 Å². The summed E-state index contributed by atoms with van der Waals surface area (Å²) in [6, 6.07) is 0.165. The second-order valence-electron chi connectivity index (χ2n) is 5.14. The molecule has 0 aromatic rings. The van der Waals surface area contributed by atoms with Gasteiger partial charge >= 0.3 is 12.0 Å². The van der Waals surface area contributed by atoms with Crippen LogP contribution in [0.3, 0.4) is 0 Å². The third kappa shape index (κ3) is 2.93. The van der Waals surface area contributed by atoms with E-state index in [-0.39, 0.29) is 24.5 Å². The van der Waals surface area contributed by atoms with Crippen LogP contribution in [0.25, 0.3) is 0 Å². The molecule has 2 rings (SSSR count). The Morgan fingerprint density at radius 2 is 2.28 bits per heavy atom. The van der Waals surface area contributed by atoms with Crippen molar-refractivity contribution >= 4 is 12.0 Å². The van der Waals surface area contributed by atoms with E-state index in [1.54, 1.807) is 4.90 Å². The summed E-state index contributed by atoms with van der Waals surface area (Å²) in [5, 5.41) is 3.02. The molecule has 1 N–H and O–H groups in total. The van der Waals surface area contributed by atoms with Crippen LogP contribution >= 0.6 is 0 Å². The number of rotatable bonds is 4. The minimum Gasteiger partial charge on any atom is -0.469 e. The smallest absolute Gasteiger partial charge is 0.317 e. The van der Waals surface area contributed by atoms with E-state index in [1.165, 1.54) is 7.11 Å². The van der Waals surface area contributed by atoms with Gasteiger partial charge in [-0.15, -0.1) is 0 Å². The lowest BCUT2D eigenvalue weighted by Crippen LogP contribution is -2.35. The van der Waals surface area contributed by atoms with Gasteiger partial charge in [0.2, 0.25) is 0 Å². The maximum absolute atomic E-state index is 11.8. The molecular weight excluding hydrogens is 234 g/mol. The Bertz CT molecular complexity index is 335. The summed E-state index contributed by atoms with van der Waals surface area (Å²) >= 11 is 0. The number of amides is 2. The van der Waals surface area contributed by atoms with Gasteiger partial charge < -0.3 is 19.9 Å². The van der Waals surface area contributed by atoms with E-state index in [2.05, 4.69) is 22.0 Å². The van der Waals surface area contributed by atoms with Crippen LogP contribution in [0.1, 0.15) is 12.8 Å².